The number of rotatable bonds is 4. The van der Waals surface area contributed by atoms with Gasteiger partial charge in [0.25, 0.3) is 0 Å². The highest BCUT2D eigenvalue weighted by molar-refractivity contribution is 5.62. The molecule has 0 spiro atoms. The van der Waals surface area contributed by atoms with Gasteiger partial charge in [-0.3, -0.25) is 0 Å². The van der Waals surface area contributed by atoms with Crippen LogP contribution in [-0.2, 0) is 13.5 Å². The van der Waals surface area contributed by atoms with Crippen molar-refractivity contribution in [2.75, 3.05) is 13.6 Å². The van der Waals surface area contributed by atoms with Gasteiger partial charge >= 0.3 is 0 Å². The Kier molecular flexibility index (Phi) is 3.77. The second-order valence-electron chi connectivity index (χ2n) is 4.38. The van der Waals surface area contributed by atoms with Crippen molar-refractivity contribution in [3.8, 4) is 11.3 Å². The van der Waals surface area contributed by atoms with E-state index < -0.39 is 0 Å². The monoisotopic (exact) mass is 247 g/mol. The van der Waals surface area contributed by atoms with Crippen LogP contribution in [0, 0.1) is 12.7 Å². The van der Waals surface area contributed by atoms with Crippen LogP contribution in [0.25, 0.3) is 11.3 Å². The first-order valence-electron chi connectivity index (χ1n) is 6.06. The van der Waals surface area contributed by atoms with Crippen molar-refractivity contribution in [3.63, 3.8) is 0 Å². The molecule has 4 heteroatoms. The van der Waals surface area contributed by atoms with E-state index in [-0.39, 0.29) is 5.82 Å². The summed E-state index contributed by atoms with van der Waals surface area (Å²) in [4.78, 5) is 4.65. The van der Waals surface area contributed by atoms with Crippen molar-refractivity contribution in [3.05, 3.63) is 41.6 Å². The first-order chi connectivity index (χ1) is 8.63. The maximum Gasteiger partial charge on any atom is 0.123 e. The van der Waals surface area contributed by atoms with Crippen LogP contribution in [0.5, 0.6) is 0 Å². The summed E-state index contributed by atoms with van der Waals surface area (Å²) in [5, 5.41) is 3.12. The summed E-state index contributed by atoms with van der Waals surface area (Å²) in [7, 11) is 3.94. The van der Waals surface area contributed by atoms with Crippen LogP contribution >= 0.6 is 0 Å². The zero-order chi connectivity index (χ0) is 13.1. The van der Waals surface area contributed by atoms with Crippen molar-refractivity contribution in [2.45, 2.75) is 13.3 Å². The molecule has 96 valence electrons. The molecule has 0 aliphatic rings. The Hall–Kier alpha value is -1.68. The molecule has 2 rings (SSSR count). The van der Waals surface area contributed by atoms with Gasteiger partial charge in [-0.2, -0.15) is 0 Å². The van der Waals surface area contributed by atoms with Crippen molar-refractivity contribution < 1.29 is 4.39 Å². The van der Waals surface area contributed by atoms with Crippen LogP contribution in [0.15, 0.2) is 24.3 Å². The Morgan fingerprint density at radius 2 is 1.94 bits per heavy atom. The fourth-order valence-corrected chi connectivity index (χ4v) is 1.98. The molecule has 0 radical (unpaired) electrons. The normalized spacial score (nSPS) is 10.9. The van der Waals surface area contributed by atoms with Gasteiger partial charge in [0.15, 0.2) is 0 Å². The lowest BCUT2D eigenvalue weighted by molar-refractivity contribution is 0.628. The number of hydrogen-bond acceptors (Lipinski definition) is 2. The van der Waals surface area contributed by atoms with E-state index >= 15 is 0 Å². The fraction of sp³-hybridized carbons (Fsp3) is 0.357. The third-order valence-corrected chi connectivity index (χ3v) is 3.19. The third kappa shape index (κ3) is 2.43. The molecular weight excluding hydrogens is 229 g/mol. The lowest BCUT2D eigenvalue weighted by atomic mass is 10.1. The van der Waals surface area contributed by atoms with Gasteiger partial charge in [-0.1, -0.05) is 0 Å². The van der Waals surface area contributed by atoms with Gasteiger partial charge in [-0.05, 0) is 38.2 Å². The van der Waals surface area contributed by atoms with Crippen molar-refractivity contribution in [1.82, 2.24) is 14.9 Å². The van der Waals surface area contributed by atoms with E-state index in [9.17, 15) is 4.39 Å². The van der Waals surface area contributed by atoms with Crippen LogP contribution in [0.2, 0.25) is 0 Å². The highest BCUT2D eigenvalue weighted by atomic mass is 19.1. The minimum atomic E-state index is -0.220. The smallest absolute Gasteiger partial charge is 0.123 e. The number of nitrogens with one attached hydrogen (secondary N) is 1. The zero-order valence-corrected chi connectivity index (χ0v) is 11.0. The molecule has 1 N–H and O–H groups in total. The fourth-order valence-electron chi connectivity index (χ4n) is 1.98. The Bertz CT molecular complexity index is 529. The van der Waals surface area contributed by atoms with Gasteiger partial charge in [0.2, 0.25) is 0 Å². The molecule has 2 aromatic rings. The number of imidazole rings is 1. The molecule has 0 amide bonds. The molecular formula is C14H18FN3. The summed E-state index contributed by atoms with van der Waals surface area (Å²) in [5.74, 6) is 0.823. The molecule has 0 atom stereocenters. The second kappa shape index (κ2) is 5.31. The predicted octanol–water partition coefficient (Wildman–Crippen LogP) is 2.30. The Balaban J connectivity index is 2.36. The zero-order valence-electron chi connectivity index (χ0n) is 11.0. The topological polar surface area (TPSA) is 29.9 Å². The molecule has 0 saturated carbocycles. The standard InChI is InChI=1S/C14H18FN3/c1-10-14(11-4-6-12(15)7-5-11)17-13(18(10)3)8-9-16-2/h4-7,16H,8-9H2,1-3H3. The Morgan fingerprint density at radius 1 is 1.28 bits per heavy atom. The maximum absolute atomic E-state index is 12.9. The van der Waals surface area contributed by atoms with E-state index in [0.717, 1.165) is 35.7 Å². The SMILES string of the molecule is CNCCc1nc(-c2ccc(F)cc2)c(C)n1C. The number of halogens is 1. The third-order valence-electron chi connectivity index (χ3n) is 3.19. The number of hydrogen-bond donors (Lipinski definition) is 1. The van der Waals surface area contributed by atoms with Gasteiger partial charge in [-0.25, -0.2) is 9.37 Å². The summed E-state index contributed by atoms with van der Waals surface area (Å²) in [6, 6.07) is 6.48. The Labute approximate surface area is 107 Å². The lowest BCUT2D eigenvalue weighted by Gasteiger charge is -2.02. The van der Waals surface area contributed by atoms with Gasteiger partial charge < -0.3 is 9.88 Å². The van der Waals surface area contributed by atoms with Crippen LogP contribution in [0.1, 0.15) is 11.5 Å². The summed E-state index contributed by atoms with van der Waals surface area (Å²) in [5.41, 5.74) is 3.00. The van der Waals surface area contributed by atoms with Crippen LogP contribution in [0.3, 0.4) is 0 Å². The molecule has 0 unspecified atom stereocenters. The quantitative estimate of drug-likeness (QED) is 0.898. The highest BCUT2D eigenvalue weighted by Crippen LogP contribution is 2.23. The molecule has 1 aromatic carbocycles. The summed E-state index contributed by atoms with van der Waals surface area (Å²) in [6.07, 6.45) is 0.884. The van der Waals surface area contributed by atoms with Gasteiger partial charge in [0, 0.05) is 31.3 Å². The van der Waals surface area contributed by atoms with Crippen LogP contribution in [-0.4, -0.2) is 23.1 Å². The van der Waals surface area contributed by atoms with Crippen LogP contribution in [0.4, 0.5) is 4.39 Å². The minimum Gasteiger partial charge on any atom is -0.335 e. The molecule has 0 aliphatic heterocycles. The Morgan fingerprint density at radius 3 is 2.56 bits per heavy atom. The molecule has 0 aliphatic carbocycles. The molecule has 0 bridgehead atoms. The largest absolute Gasteiger partial charge is 0.335 e. The van der Waals surface area contributed by atoms with Gasteiger partial charge in [0.1, 0.15) is 11.6 Å². The van der Waals surface area contributed by atoms with E-state index in [4.69, 9.17) is 0 Å². The lowest BCUT2D eigenvalue weighted by Crippen LogP contribution is -2.13. The van der Waals surface area contributed by atoms with Crippen molar-refractivity contribution in [2.24, 2.45) is 7.05 Å². The van der Waals surface area contributed by atoms with Crippen LogP contribution < -0.4 is 5.32 Å². The molecule has 0 saturated heterocycles. The highest BCUT2D eigenvalue weighted by Gasteiger charge is 2.12. The second-order valence-corrected chi connectivity index (χ2v) is 4.38. The molecule has 18 heavy (non-hydrogen) atoms. The van der Waals surface area contributed by atoms with E-state index in [1.165, 1.54) is 12.1 Å². The average Bonchev–Trinajstić information content (AvgIpc) is 2.65. The number of aromatic nitrogens is 2. The van der Waals surface area contributed by atoms with Gasteiger partial charge in [-0.15, -0.1) is 0 Å². The van der Waals surface area contributed by atoms with E-state index in [1.54, 1.807) is 12.1 Å². The first-order valence-corrected chi connectivity index (χ1v) is 6.06. The predicted molar refractivity (Wildman–Crippen MR) is 71.0 cm³/mol. The molecule has 1 heterocycles. The number of nitrogens with zero attached hydrogens (tertiary/aromatic N) is 2. The number of likely N-dealkylation sites (N-methyl/N-ethyl adjacent to an activating group) is 1. The summed E-state index contributed by atoms with van der Waals surface area (Å²) >= 11 is 0. The first kappa shape index (κ1) is 12.8. The summed E-state index contributed by atoms with van der Waals surface area (Å²) < 4.78 is 15.0. The van der Waals surface area contributed by atoms with Crippen molar-refractivity contribution in [1.29, 1.82) is 0 Å². The van der Waals surface area contributed by atoms with E-state index in [2.05, 4.69) is 14.9 Å². The molecule has 3 nitrogen and oxygen atoms in total. The van der Waals surface area contributed by atoms with E-state index in [1.807, 2.05) is 21.0 Å². The van der Waals surface area contributed by atoms with Gasteiger partial charge in [0.05, 0.1) is 5.69 Å². The average molecular weight is 247 g/mol. The number of benzene rings is 1. The van der Waals surface area contributed by atoms with Crippen molar-refractivity contribution >= 4 is 0 Å². The minimum absolute atomic E-state index is 0.220. The van der Waals surface area contributed by atoms with E-state index in [0.29, 0.717) is 0 Å². The summed E-state index contributed by atoms with van der Waals surface area (Å²) in [6.45, 7) is 2.93. The molecule has 1 aromatic heterocycles. The molecule has 0 fully saturated rings. The maximum atomic E-state index is 12.9.